The van der Waals surface area contributed by atoms with Crippen molar-refractivity contribution in [1.82, 2.24) is 19.6 Å². The average molecular weight is 296 g/mol. The van der Waals surface area contributed by atoms with Gasteiger partial charge in [0.1, 0.15) is 11.6 Å². The van der Waals surface area contributed by atoms with Gasteiger partial charge in [-0.2, -0.15) is 5.10 Å². The number of aromatic nitrogens is 4. The Bertz CT molecular complexity index is 846. The molecular formula is C17H20N4O. The van der Waals surface area contributed by atoms with E-state index in [2.05, 4.69) is 28.9 Å². The molecule has 0 aliphatic carbocycles. The van der Waals surface area contributed by atoms with Crippen LogP contribution >= 0.6 is 0 Å². The second-order valence-electron chi connectivity index (χ2n) is 6.04. The lowest BCUT2D eigenvalue weighted by Gasteiger charge is -2.05. The summed E-state index contributed by atoms with van der Waals surface area (Å²) in [6, 6.07) is 9.99. The lowest BCUT2D eigenvalue weighted by molar-refractivity contribution is 0.603. The van der Waals surface area contributed by atoms with Gasteiger partial charge in [0.15, 0.2) is 5.52 Å². The average Bonchev–Trinajstić information content (AvgIpc) is 2.76. The predicted octanol–water partition coefficient (Wildman–Crippen LogP) is 2.52. The molecule has 0 fully saturated rings. The molecule has 0 unspecified atom stereocenters. The molecule has 0 saturated heterocycles. The van der Waals surface area contributed by atoms with Gasteiger partial charge in [-0.3, -0.25) is 4.79 Å². The number of imidazole rings is 1. The van der Waals surface area contributed by atoms with E-state index in [1.165, 1.54) is 0 Å². The van der Waals surface area contributed by atoms with Crippen molar-refractivity contribution in [3.63, 3.8) is 0 Å². The maximum Gasteiger partial charge on any atom is 0.277 e. The van der Waals surface area contributed by atoms with E-state index < -0.39 is 0 Å². The van der Waals surface area contributed by atoms with Gasteiger partial charge in [0.2, 0.25) is 0 Å². The molecule has 1 N–H and O–H groups in total. The van der Waals surface area contributed by atoms with Crippen LogP contribution < -0.4 is 5.56 Å². The van der Waals surface area contributed by atoms with E-state index in [0.717, 1.165) is 23.5 Å². The summed E-state index contributed by atoms with van der Waals surface area (Å²) in [6.07, 6.45) is 1.40. The third kappa shape index (κ3) is 2.79. The first-order valence-corrected chi connectivity index (χ1v) is 7.56. The van der Waals surface area contributed by atoms with Crippen LogP contribution in [0.4, 0.5) is 0 Å². The number of fused-ring (bicyclic) bond motifs is 1. The molecule has 0 aliphatic heterocycles. The number of nitrogens with one attached hydrogen (secondary N) is 1. The summed E-state index contributed by atoms with van der Waals surface area (Å²) in [5.41, 5.74) is 2.27. The Hall–Kier alpha value is -2.43. The Kier molecular flexibility index (Phi) is 3.79. The summed E-state index contributed by atoms with van der Waals surface area (Å²) in [6.45, 7) is 6.12. The van der Waals surface area contributed by atoms with Gasteiger partial charge in [0.05, 0.1) is 5.69 Å². The lowest BCUT2D eigenvalue weighted by Crippen LogP contribution is -2.18. The summed E-state index contributed by atoms with van der Waals surface area (Å²) in [5.74, 6) is 1.97. The molecule has 0 saturated carbocycles. The van der Waals surface area contributed by atoms with Crippen molar-refractivity contribution in [2.24, 2.45) is 5.92 Å². The molecule has 114 valence electrons. The summed E-state index contributed by atoms with van der Waals surface area (Å²) in [5, 5.41) is 4.60. The van der Waals surface area contributed by atoms with Crippen molar-refractivity contribution in [3.8, 4) is 0 Å². The van der Waals surface area contributed by atoms with Gasteiger partial charge < -0.3 is 4.98 Å². The van der Waals surface area contributed by atoms with E-state index >= 15 is 0 Å². The highest BCUT2D eigenvalue weighted by Gasteiger charge is 2.15. The second-order valence-corrected chi connectivity index (χ2v) is 6.04. The van der Waals surface area contributed by atoms with Crippen LogP contribution in [-0.4, -0.2) is 19.6 Å². The highest BCUT2D eigenvalue weighted by atomic mass is 16.1. The van der Waals surface area contributed by atoms with Gasteiger partial charge in [-0.15, -0.1) is 0 Å². The van der Waals surface area contributed by atoms with Crippen molar-refractivity contribution in [2.75, 3.05) is 0 Å². The van der Waals surface area contributed by atoms with Crippen LogP contribution in [0.3, 0.4) is 0 Å². The normalized spacial score (nSPS) is 11.5. The molecule has 3 aromatic rings. The first kappa shape index (κ1) is 14.5. The van der Waals surface area contributed by atoms with Crippen molar-refractivity contribution in [2.45, 2.75) is 33.6 Å². The number of aromatic amines is 1. The van der Waals surface area contributed by atoms with E-state index in [0.29, 0.717) is 23.7 Å². The van der Waals surface area contributed by atoms with E-state index in [1.807, 2.05) is 37.3 Å². The molecule has 5 nitrogen and oxygen atoms in total. The monoisotopic (exact) mass is 296 g/mol. The molecule has 0 amide bonds. The fraction of sp³-hybridized carbons (Fsp3) is 0.353. The molecule has 1 aromatic carbocycles. The zero-order chi connectivity index (χ0) is 15.7. The zero-order valence-corrected chi connectivity index (χ0v) is 13.1. The highest BCUT2D eigenvalue weighted by Crippen LogP contribution is 2.12. The summed E-state index contributed by atoms with van der Waals surface area (Å²) >= 11 is 0. The molecule has 0 atom stereocenters. The van der Waals surface area contributed by atoms with Crippen LogP contribution in [0.1, 0.15) is 36.8 Å². The summed E-state index contributed by atoms with van der Waals surface area (Å²) in [7, 11) is 0. The number of H-pyrrole nitrogens is 1. The minimum atomic E-state index is -0.124. The first-order chi connectivity index (χ1) is 10.5. The Morgan fingerprint density at radius 1 is 1.23 bits per heavy atom. The van der Waals surface area contributed by atoms with Crippen LogP contribution in [0.5, 0.6) is 0 Å². The molecule has 2 heterocycles. The minimum absolute atomic E-state index is 0.124. The zero-order valence-electron chi connectivity index (χ0n) is 13.1. The standard InChI is InChI=1S/C17H20N4O/c1-11(2)9-15-18-12(3)16-17(22)19-14(20-21(15)16)10-13-7-5-4-6-8-13/h4-8,11H,9-10H2,1-3H3,(H,19,20,22). The Morgan fingerprint density at radius 3 is 2.64 bits per heavy atom. The van der Waals surface area contributed by atoms with Crippen LogP contribution in [0.15, 0.2) is 35.1 Å². The molecule has 0 radical (unpaired) electrons. The molecule has 22 heavy (non-hydrogen) atoms. The van der Waals surface area contributed by atoms with Crippen LogP contribution in [-0.2, 0) is 12.8 Å². The molecule has 2 aromatic heterocycles. The van der Waals surface area contributed by atoms with Gasteiger partial charge in [-0.1, -0.05) is 44.2 Å². The number of hydrogen-bond donors (Lipinski definition) is 1. The van der Waals surface area contributed by atoms with E-state index in [9.17, 15) is 4.79 Å². The van der Waals surface area contributed by atoms with E-state index in [1.54, 1.807) is 4.52 Å². The Balaban J connectivity index is 2.08. The van der Waals surface area contributed by atoms with Crippen LogP contribution in [0.2, 0.25) is 0 Å². The van der Waals surface area contributed by atoms with Gasteiger partial charge in [0.25, 0.3) is 5.56 Å². The predicted molar refractivity (Wildman–Crippen MR) is 86.1 cm³/mol. The SMILES string of the molecule is Cc1nc(CC(C)C)n2nc(Cc3ccccc3)[nH]c(=O)c12. The van der Waals surface area contributed by atoms with E-state index in [4.69, 9.17) is 0 Å². The number of benzene rings is 1. The van der Waals surface area contributed by atoms with Gasteiger partial charge in [-0.25, -0.2) is 9.50 Å². The summed E-state index contributed by atoms with van der Waals surface area (Å²) in [4.78, 5) is 19.8. The topological polar surface area (TPSA) is 63.1 Å². The van der Waals surface area contributed by atoms with Crippen molar-refractivity contribution in [1.29, 1.82) is 0 Å². The molecular weight excluding hydrogens is 276 g/mol. The second kappa shape index (κ2) is 5.75. The maximum atomic E-state index is 12.4. The minimum Gasteiger partial charge on any atom is -0.307 e. The van der Waals surface area contributed by atoms with Crippen molar-refractivity contribution >= 4 is 5.52 Å². The summed E-state index contributed by atoms with van der Waals surface area (Å²) < 4.78 is 1.71. The number of nitrogens with zero attached hydrogens (tertiary/aromatic N) is 3. The Labute approximate surface area is 129 Å². The molecule has 0 aliphatic rings. The maximum absolute atomic E-state index is 12.4. The van der Waals surface area contributed by atoms with Gasteiger partial charge in [0, 0.05) is 12.8 Å². The quantitative estimate of drug-likeness (QED) is 0.804. The van der Waals surface area contributed by atoms with E-state index in [-0.39, 0.29) is 5.56 Å². The van der Waals surface area contributed by atoms with Gasteiger partial charge >= 0.3 is 0 Å². The lowest BCUT2D eigenvalue weighted by atomic mass is 10.1. The Morgan fingerprint density at radius 2 is 1.95 bits per heavy atom. The van der Waals surface area contributed by atoms with Crippen molar-refractivity contribution < 1.29 is 0 Å². The molecule has 0 spiro atoms. The van der Waals surface area contributed by atoms with Crippen LogP contribution in [0.25, 0.3) is 5.52 Å². The molecule has 5 heteroatoms. The fourth-order valence-electron chi connectivity index (χ4n) is 2.65. The third-order valence-electron chi connectivity index (χ3n) is 3.59. The molecule has 3 rings (SSSR count). The first-order valence-electron chi connectivity index (χ1n) is 7.56. The number of hydrogen-bond acceptors (Lipinski definition) is 3. The smallest absolute Gasteiger partial charge is 0.277 e. The number of aryl methyl sites for hydroxylation is 1. The third-order valence-corrected chi connectivity index (χ3v) is 3.59. The largest absolute Gasteiger partial charge is 0.307 e. The van der Waals surface area contributed by atoms with Crippen LogP contribution in [0, 0.1) is 12.8 Å². The number of rotatable bonds is 4. The molecule has 0 bridgehead atoms. The fourth-order valence-corrected chi connectivity index (χ4v) is 2.65. The highest BCUT2D eigenvalue weighted by molar-refractivity contribution is 5.49. The van der Waals surface area contributed by atoms with Crippen molar-refractivity contribution in [3.05, 3.63) is 63.6 Å². The van der Waals surface area contributed by atoms with Gasteiger partial charge in [-0.05, 0) is 18.4 Å².